The average Bonchev–Trinajstić information content (AvgIpc) is 0.780. The Bertz CT molecular complexity index is 2830. The predicted molar refractivity (Wildman–Crippen MR) is 343 cm³/mol. The number of aliphatic hydroxyl groups is 6. The third-order valence-electron chi connectivity index (χ3n) is 15.8. The molecule has 0 bridgehead atoms. The molecule has 27 heteroatoms. The highest BCUT2D eigenvalue weighted by atomic mass is 32.2. The first-order valence-electron chi connectivity index (χ1n) is 30.6. The van der Waals surface area contributed by atoms with Crippen molar-refractivity contribution in [3.8, 4) is 22.3 Å². The highest BCUT2D eigenvalue weighted by Crippen LogP contribution is 2.39. The molecule has 0 spiro atoms. The van der Waals surface area contributed by atoms with Crippen molar-refractivity contribution < 1.29 is 93.4 Å². The van der Waals surface area contributed by atoms with Gasteiger partial charge in [0.15, 0.2) is 5.60 Å². The van der Waals surface area contributed by atoms with E-state index >= 15 is 0 Å². The van der Waals surface area contributed by atoms with E-state index in [9.17, 15) is 79.2 Å². The lowest BCUT2D eigenvalue weighted by Gasteiger charge is -2.46. The minimum Gasteiger partial charge on any atom is -0.479 e. The molecule has 1 saturated carbocycles. The molecule has 92 heavy (non-hydrogen) atoms. The Morgan fingerprint density at radius 1 is 0.522 bits per heavy atom. The molecule has 1 aliphatic heterocycles. The number of carbonyl (C=O) groups is 8. The Hall–Kier alpha value is -7.02. The number of unbranched alkanes of at least 4 members (excludes halogenated alkanes) is 1. The minimum atomic E-state index is -2.47. The van der Waals surface area contributed by atoms with Gasteiger partial charge in [0.2, 0.25) is 23.6 Å². The van der Waals surface area contributed by atoms with Gasteiger partial charge in [0.1, 0.15) is 12.2 Å². The Morgan fingerprint density at radius 3 is 1.41 bits per heavy atom. The van der Waals surface area contributed by atoms with Gasteiger partial charge in [-0.1, -0.05) is 84.9 Å². The predicted octanol–water partition coefficient (Wildman–Crippen LogP) is 2.23. The van der Waals surface area contributed by atoms with Crippen LogP contribution in [0.3, 0.4) is 0 Å². The van der Waals surface area contributed by atoms with Crippen LogP contribution in [-0.2, 0) is 43.0 Å². The summed E-state index contributed by atoms with van der Waals surface area (Å²) in [7, 11) is 0. The van der Waals surface area contributed by atoms with Gasteiger partial charge in [-0.3, -0.25) is 28.8 Å². The van der Waals surface area contributed by atoms with Crippen LogP contribution < -0.4 is 31.9 Å². The molecular weight excluding hydrogens is 1230 g/mol. The van der Waals surface area contributed by atoms with Crippen LogP contribution in [0.15, 0.2) is 109 Å². The first-order valence-corrected chi connectivity index (χ1v) is 33.0. The molecule has 12 atom stereocenters. The zero-order valence-electron chi connectivity index (χ0n) is 51.5. The van der Waals surface area contributed by atoms with Crippen LogP contribution >= 0.6 is 23.5 Å². The molecule has 0 radical (unpaired) electrons. The summed E-state index contributed by atoms with van der Waals surface area (Å²) in [5, 5.41) is 104. The van der Waals surface area contributed by atoms with Gasteiger partial charge >= 0.3 is 11.9 Å². The summed E-state index contributed by atoms with van der Waals surface area (Å²) in [6.45, 7) is 1.95. The van der Waals surface area contributed by atoms with Crippen LogP contribution in [0, 0.1) is 5.92 Å². The molecule has 2 aliphatic rings. The lowest BCUT2D eigenvalue weighted by molar-refractivity contribution is -0.310. The monoisotopic (exact) mass is 1320 g/mol. The molecule has 0 aromatic heterocycles. The summed E-state index contributed by atoms with van der Waals surface area (Å²) in [4.78, 5) is 101. The Balaban J connectivity index is 0.813. The molecule has 1 aliphatic carbocycles. The highest BCUT2D eigenvalue weighted by Gasteiger charge is 2.56. The number of hydrogen-bond donors (Lipinski definition) is 14. The van der Waals surface area contributed by atoms with Crippen LogP contribution in [0.1, 0.15) is 92.4 Å². The van der Waals surface area contributed by atoms with Crippen molar-refractivity contribution in [2.45, 2.75) is 138 Å². The molecule has 4 aromatic rings. The standard InChI is InChI=1S/C65H86N6O19S2/c1-40(72)70-55-48(57(80)51(76)38-68-60(82)46-23-19-44(20-24-46)42-13-5-3-6-14-42)35-64(62(84)85,36-49(55)74)88-29-11-31-91-33-27-66-53(78)17-9-10-18-54(79)67-28-34-92-32-12-30-89-65(63(86)87)37-50(75)56(71-41(2)73)59(90-65)58(81)52(77)39-69-61(83)47-25-21-45(22-26-47)43-15-7-4-8-16-43/h3-8,13-16,19-26,48-52,55-59,74-77,80-81H,9-12,17-18,27-39H2,1-2H3,(H,66,78)(H,67,79)(H,68,82)(H,69,83)(H,70,72)(H,71,73)(H,84,85)(H,86,87)/t48-,49+,50+,51-,52-,55+,56-,57+,58-,59-,64+,65-/m1/s1. The van der Waals surface area contributed by atoms with Gasteiger partial charge in [-0.05, 0) is 90.1 Å². The molecule has 6 rings (SSSR count). The fourth-order valence-corrected chi connectivity index (χ4v) is 12.5. The van der Waals surface area contributed by atoms with E-state index in [0.717, 1.165) is 29.2 Å². The second-order valence-electron chi connectivity index (χ2n) is 22.8. The number of aliphatic carboxylic acids is 2. The molecule has 1 heterocycles. The topological polar surface area (TPSA) is 398 Å². The molecule has 4 aromatic carbocycles. The normalized spacial score (nSPS) is 22.5. The van der Waals surface area contributed by atoms with E-state index in [1.165, 1.54) is 30.4 Å². The number of hydrogen-bond acceptors (Lipinski definition) is 19. The number of thioether (sulfide) groups is 2. The number of amides is 6. The Morgan fingerprint density at radius 2 is 0.957 bits per heavy atom. The van der Waals surface area contributed by atoms with E-state index in [4.69, 9.17) is 14.2 Å². The van der Waals surface area contributed by atoms with E-state index in [0.29, 0.717) is 67.3 Å². The van der Waals surface area contributed by atoms with Gasteiger partial charge < -0.3 is 87.0 Å². The van der Waals surface area contributed by atoms with Crippen LogP contribution in [0.5, 0.6) is 0 Å². The third-order valence-corrected chi connectivity index (χ3v) is 17.9. The minimum absolute atomic E-state index is 0.0377. The zero-order valence-corrected chi connectivity index (χ0v) is 53.1. The van der Waals surface area contributed by atoms with E-state index < -0.39 is 134 Å². The SMILES string of the molecule is CC(=O)N[C@H]1[C@H]([C@H](O)[C@H](O)CNC(=O)c2ccc(-c3ccccc3)cc2)C[C@@](OCCCSCCNC(=O)CCCCC(=O)NCCSCCCO[C@]2(C(=O)O)C[C@H](O)[C@@H](NC(C)=O)[C@H]([C@H](O)[C@H](O)CNC(=O)c3ccc(-c4ccccc4)cc3)O2)(C(=O)O)C[C@@H]1O. The maximum Gasteiger partial charge on any atom is 0.364 e. The van der Waals surface area contributed by atoms with Crippen molar-refractivity contribution in [2.75, 3.05) is 62.4 Å². The molecule has 25 nitrogen and oxygen atoms in total. The van der Waals surface area contributed by atoms with Crippen molar-refractivity contribution >= 4 is 70.9 Å². The summed E-state index contributed by atoms with van der Waals surface area (Å²) in [6.07, 6.45) is -11.1. The first kappa shape index (κ1) is 74.0. The zero-order chi connectivity index (χ0) is 66.8. The maximum atomic E-state index is 13.0. The van der Waals surface area contributed by atoms with Crippen molar-refractivity contribution in [1.82, 2.24) is 31.9 Å². The number of nitrogens with one attached hydrogen (secondary N) is 6. The number of carbonyl (C=O) groups excluding carboxylic acids is 6. The number of rotatable bonds is 37. The molecule has 6 amide bonds. The van der Waals surface area contributed by atoms with Gasteiger partial charge in [0, 0.05) is 101 Å². The summed E-state index contributed by atoms with van der Waals surface area (Å²) in [6, 6.07) is 30.1. The summed E-state index contributed by atoms with van der Waals surface area (Å²) in [5.74, 6) is -7.24. The number of benzene rings is 4. The third kappa shape index (κ3) is 22.3. The van der Waals surface area contributed by atoms with Crippen LogP contribution in [0.25, 0.3) is 22.3 Å². The van der Waals surface area contributed by atoms with E-state index in [2.05, 4.69) is 31.9 Å². The Kier molecular flexibility index (Phi) is 29.8. The lowest BCUT2D eigenvalue weighted by Crippen LogP contribution is -2.68. The van der Waals surface area contributed by atoms with E-state index in [-0.39, 0.29) is 49.9 Å². The van der Waals surface area contributed by atoms with Crippen molar-refractivity contribution in [3.05, 3.63) is 120 Å². The van der Waals surface area contributed by atoms with Crippen LogP contribution in [0.4, 0.5) is 0 Å². The second kappa shape index (κ2) is 37.0. The van der Waals surface area contributed by atoms with Gasteiger partial charge in [-0.15, -0.1) is 0 Å². The summed E-state index contributed by atoms with van der Waals surface area (Å²) in [5.41, 5.74) is 2.28. The van der Waals surface area contributed by atoms with Gasteiger partial charge in [0.05, 0.1) is 49.2 Å². The van der Waals surface area contributed by atoms with Gasteiger partial charge in [-0.25, -0.2) is 9.59 Å². The average molecular weight is 1320 g/mol. The van der Waals surface area contributed by atoms with Crippen molar-refractivity contribution in [2.24, 2.45) is 5.92 Å². The number of carboxylic acids is 2. The molecular formula is C65H86N6O19S2. The second-order valence-corrected chi connectivity index (χ2v) is 25.2. The quantitative estimate of drug-likeness (QED) is 0.0288. The lowest BCUT2D eigenvalue weighted by atomic mass is 9.70. The smallest absolute Gasteiger partial charge is 0.364 e. The fraction of sp³-hybridized carbons (Fsp3) is 0.508. The first-order chi connectivity index (χ1) is 44.0. The summed E-state index contributed by atoms with van der Waals surface area (Å²) >= 11 is 2.95. The number of carboxylic acid groups (broad SMARTS) is 2. The van der Waals surface area contributed by atoms with Crippen molar-refractivity contribution in [3.63, 3.8) is 0 Å². The van der Waals surface area contributed by atoms with Crippen molar-refractivity contribution in [1.29, 1.82) is 0 Å². The number of aliphatic hydroxyl groups excluding tert-OH is 6. The molecule has 1 saturated heterocycles. The fourth-order valence-electron chi connectivity index (χ4n) is 11.0. The van der Waals surface area contributed by atoms with Gasteiger partial charge in [0.25, 0.3) is 17.6 Å². The van der Waals surface area contributed by atoms with Crippen LogP contribution in [0.2, 0.25) is 0 Å². The molecule has 0 unspecified atom stereocenters. The van der Waals surface area contributed by atoms with E-state index in [1.54, 1.807) is 48.5 Å². The maximum absolute atomic E-state index is 13.0. The molecule has 2 fully saturated rings. The largest absolute Gasteiger partial charge is 0.479 e. The Labute approximate surface area is 542 Å². The molecule has 502 valence electrons. The van der Waals surface area contributed by atoms with Crippen LogP contribution in [-0.4, -0.2) is 217 Å². The summed E-state index contributed by atoms with van der Waals surface area (Å²) < 4.78 is 17.5. The van der Waals surface area contributed by atoms with Gasteiger partial charge in [-0.2, -0.15) is 23.5 Å². The molecule has 14 N–H and O–H groups in total. The highest BCUT2D eigenvalue weighted by molar-refractivity contribution is 7.99. The van der Waals surface area contributed by atoms with E-state index in [1.807, 2.05) is 60.7 Å². The number of ether oxygens (including phenoxy) is 3.